The van der Waals surface area contributed by atoms with Crippen molar-refractivity contribution in [3.8, 4) is 11.5 Å². The van der Waals surface area contributed by atoms with Gasteiger partial charge in [0.2, 0.25) is 0 Å². The SMILES string of the molecule is CNCc1cc(Oc2cccc3cccnc23)ccn1. The molecule has 0 bridgehead atoms. The number of para-hydroxylation sites is 1. The Morgan fingerprint density at radius 2 is 1.95 bits per heavy atom. The van der Waals surface area contributed by atoms with Gasteiger partial charge in [0.05, 0.1) is 5.69 Å². The van der Waals surface area contributed by atoms with E-state index in [0.29, 0.717) is 6.54 Å². The van der Waals surface area contributed by atoms with E-state index in [9.17, 15) is 0 Å². The van der Waals surface area contributed by atoms with Crippen LogP contribution in [-0.2, 0) is 6.54 Å². The molecule has 1 aromatic carbocycles. The van der Waals surface area contributed by atoms with Crippen LogP contribution in [0.25, 0.3) is 10.9 Å². The molecule has 2 aromatic heterocycles. The molecule has 0 aliphatic rings. The molecule has 0 spiro atoms. The van der Waals surface area contributed by atoms with E-state index >= 15 is 0 Å². The van der Waals surface area contributed by atoms with Crippen molar-refractivity contribution in [1.82, 2.24) is 15.3 Å². The van der Waals surface area contributed by atoms with E-state index in [1.807, 2.05) is 49.5 Å². The Kier molecular flexibility index (Phi) is 3.56. The molecule has 1 N–H and O–H groups in total. The predicted octanol–water partition coefficient (Wildman–Crippen LogP) is 3.14. The maximum Gasteiger partial charge on any atom is 0.153 e. The third-order valence-electron chi connectivity index (χ3n) is 2.97. The summed E-state index contributed by atoms with van der Waals surface area (Å²) in [6.07, 6.45) is 3.52. The van der Waals surface area contributed by atoms with Gasteiger partial charge in [-0.3, -0.25) is 9.97 Å². The Labute approximate surface area is 117 Å². The van der Waals surface area contributed by atoms with Crippen LogP contribution in [-0.4, -0.2) is 17.0 Å². The first-order valence-electron chi connectivity index (χ1n) is 6.48. The van der Waals surface area contributed by atoms with Crippen LogP contribution in [0.15, 0.2) is 54.9 Å². The molecule has 0 saturated heterocycles. The fourth-order valence-electron chi connectivity index (χ4n) is 2.08. The Morgan fingerprint density at radius 3 is 2.85 bits per heavy atom. The van der Waals surface area contributed by atoms with Gasteiger partial charge >= 0.3 is 0 Å². The van der Waals surface area contributed by atoms with Gasteiger partial charge in [-0.15, -0.1) is 0 Å². The highest BCUT2D eigenvalue weighted by Crippen LogP contribution is 2.28. The highest BCUT2D eigenvalue weighted by atomic mass is 16.5. The summed E-state index contributed by atoms with van der Waals surface area (Å²) < 4.78 is 5.95. The van der Waals surface area contributed by atoms with Crippen LogP contribution in [0.3, 0.4) is 0 Å². The fraction of sp³-hybridized carbons (Fsp3) is 0.125. The van der Waals surface area contributed by atoms with Gasteiger partial charge in [0.25, 0.3) is 0 Å². The molecule has 0 amide bonds. The van der Waals surface area contributed by atoms with Crippen molar-refractivity contribution in [3.63, 3.8) is 0 Å². The van der Waals surface area contributed by atoms with E-state index in [1.165, 1.54) is 0 Å². The van der Waals surface area contributed by atoms with Gasteiger partial charge in [-0.2, -0.15) is 0 Å². The summed E-state index contributed by atoms with van der Waals surface area (Å²) >= 11 is 0. The molecule has 2 heterocycles. The minimum absolute atomic E-state index is 0.713. The van der Waals surface area contributed by atoms with Crippen molar-refractivity contribution >= 4 is 10.9 Å². The van der Waals surface area contributed by atoms with E-state index in [1.54, 1.807) is 12.4 Å². The fourth-order valence-corrected chi connectivity index (χ4v) is 2.08. The molecule has 0 aliphatic heterocycles. The lowest BCUT2D eigenvalue weighted by Crippen LogP contribution is -2.06. The molecule has 0 aliphatic carbocycles. The smallest absolute Gasteiger partial charge is 0.153 e. The first-order valence-corrected chi connectivity index (χ1v) is 6.48. The Balaban J connectivity index is 1.95. The van der Waals surface area contributed by atoms with Crippen molar-refractivity contribution in [1.29, 1.82) is 0 Å². The molecule has 0 atom stereocenters. The topological polar surface area (TPSA) is 47.0 Å². The van der Waals surface area contributed by atoms with E-state index in [0.717, 1.165) is 28.1 Å². The predicted molar refractivity (Wildman–Crippen MR) is 78.8 cm³/mol. The van der Waals surface area contributed by atoms with Crippen molar-refractivity contribution in [2.75, 3.05) is 7.05 Å². The van der Waals surface area contributed by atoms with Gasteiger partial charge in [-0.1, -0.05) is 18.2 Å². The second-order valence-corrected chi connectivity index (χ2v) is 4.45. The molecular formula is C16H15N3O. The van der Waals surface area contributed by atoms with Crippen LogP contribution in [0.5, 0.6) is 11.5 Å². The summed E-state index contributed by atoms with van der Waals surface area (Å²) in [7, 11) is 1.89. The lowest BCUT2D eigenvalue weighted by atomic mass is 10.2. The monoisotopic (exact) mass is 265 g/mol. The number of hydrogen-bond acceptors (Lipinski definition) is 4. The van der Waals surface area contributed by atoms with Crippen molar-refractivity contribution < 1.29 is 4.74 Å². The number of fused-ring (bicyclic) bond motifs is 1. The maximum absolute atomic E-state index is 5.95. The lowest BCUT2D eigenvalue weighted by molar-refractivity contribution is 0.485. The molecule has 100 valence electrons. The van der Waals surface area contributed by atoms with Crippen LogP contribution in [0.2, 0.25) is 0 Å². The third-order valence-corrected chi connectivity index (χ3v) is 2.97. The van der Waals surface area contributed by atoms with Crippen LogP contribution < -0.4 is 10.1 Å². The molecule has 0 fully saturated rings. The molecule has 4 heteroatoms. The molecular weight excluding hydrogens is 250 g/mol. The minimum atomic E-state index is 0.713. The van der Waals surface area contributed by atoms with Crippen molar-refractivity contribution in [2.45, 2.75) is 6.54 Å². The summed E-state index contributed by atoms with van der Waals surface area (Å²) in [6, 6.07) is 13.6. The molecule has 20 heavy (non-hydrogen) atoms. The number of aromatic nitrogens is 2. The zero-order valence-corrected chi connectivity index (χ0v) is 11.2. The summed E-state index contributed by atoms with van der Waals surface area (Å²) in [5, 5.41) is 4.14. The number of nitrogens with zero attached hydrogens (tertiary/aromatic N) is 2. The van der Waals surface area contributed by atoms with Crippen LogP contribution >= 0.6 is 0 Å². The average molecular weight is 265 g/mol. The van der Waals surface area contributed by atoms with Crippen LogP contribution in [0.4, 0.5) is 0 Å². The van der Waals surface area contributed by atoms with Gasteiger partial charge < -0.3 is 10.1 Å². The molecule has 0 radical (unpaired) electrons. The quantitative estimate of drug-likeness (QED) is 0.787. The summed E-state index contributed by atoms with van der Waals surface area (Å²) in [6.45, 7) is 0.713. The number of nitrogens with one attached hydrogen (secondary N) is 1. The first-order chi connectivity index (χ1) is 9.86. The second-order valence-electron chi connectivity index (χ2n) is 4.45. The number of hydrogen-bond donors (Lipinski definition) is 1. The highest BCUT2D eigenvalue weighted by molar-refractivity contribution is 5.84. The number of pyridine rings is 2. The van der Waals surface area contributed by atoms with E-state index in [2.05, 4.69) is 15.3 Å². The minimum Gasteiger partial charge on any atom is -0.455 e. The first kappa shape index (κ1) is 12.6. The molecule has 4 nitrogen and oxygen atoms in total. The summed E-state index contributed by atoms with van der Waals surface area (Å²) in [5.74, 6) is 1.52. The standard InChI is InChI=1S/C16H15N3O/c1-17-11-13-10-14(7-9-18-13)20-15-6-2-4-12-5-3-8-19-16(12)15/h2-10,17H,11H2,1H3. The van der Waals surface area contributed by atoms with Gasteiger partial charge in [0.1, 0.15) is 11.3 Å². The summed E-state index contributed by atoms with van der Waals surface area (Å²) in [5.41, 5.74) is 1.81. The average Bonchev–Trinajstić information content (AvgIpc) is 2.48. The van der Waals surface area contributed by atoms with E-state index in [-0.39, 0.29) is 0 Å². The van der Waals surface area contributed by atoms with Crippen molar-refractivity contribution in [3.05, 3.63) is 60.6 Å². The zero-order valence-electron chi connectivity index (χ0n) is 11.2. The maximum atomic E-state index is 5.95. The lowest BCUT2D eigenvalue weighted by Gasteiger charge is -2.09. The third kappa shape index (κ3) is 2.60. The number of benzene rings is 1. The number of rotatable bonds is 4. The normalized spacial score (nSPS) is 10.7. The Hall–Kier alpha value is -2.46. The number of ether oxygens (including phenoxy) is 1. The van der Waals surface area contributed by atoms with Gasteiger partial charge in [0, 0.05) is 30.4 Å². The van der Waals surface area contributed by atoms with Gasteiger partial charge in [-0.25, -0.2) is 0 Å². The van der Waals surface area contributed by atoms with Gasteiger partial charge in [0.15, 0.2) is 5.75 Å². The largest absolute Gasteiger partial charge is 0.455 e. The Morgan fingerprint density at radius 1 is 1.05 bits per heavy atom. The Bertz CT molecular complexity index is 722. The molecule has 0 saturated carbocycles. The van der Waals surface area contributed by atoms with Gasteiger partial charge in [-0.05, 0) is 25.2 Å². The molecule has 3 aromatic rings. The summed E-state index contributed by atoms with van der Waals surface area (Å²) in [4.78, 5) is 8.66. The zero-order chi connectivity index (χ0) is 13.8. The van der Waals surface area contributed by atoms with Crippen LogP contribution in [0.1, 0.15) is 5.69 Å². The van der Waals surface area contributed by atoms with E-state index < -0.39 is 0 Å². The second kappa shape index (κ2) is 5.67. The molecule has 0 unspecified atom stereocenters. The van der Waals surface area contributed by atoms with Crippen LogP contribution in [0, 0.1) is 0 Å². The van der Waals surface area contributed by atoms with E-state index in [4.69, 9.17) is 4.74 Å². The van der Waals surface area contributed by atoms with Crippen molar-refractivity contribution in [2.24, 2.45) is 0 Å². The highest BCUT2D eigenvalue weighted by Gasteiger charge is 2.05. The molecule has 3 rings (SSSR count).